The number of anilines is 2. The lowest BCUT2D eigenvalue weighted by atomic mass is 10.3. The zero-order valence-electron chi connectivity index (χ0n) is 13.9. The minimum atomic E-state index is -0.403. The first-order valence-corrected chi connectivity index (χ1v) is 9.03. The average molecular weight is 379 g/mol. The summed E-state index contributed by atoms with van der Waals surface area (Å²) < 4.78 is 5.19. The minimum Gasteiger partial charge on any atom is -0.495 e. The molecule has 25 heavy (non-hydrogen) atoms. The molecule has 0 aliphatic rings. The van der Waals surface area contributed by atoms with E-state index in [0.29, 0.717) is 22.1 Å². The predicted octanol–water partition coefficient (Wildman–Crippen LogP) is 4.05. The van der Waals surface area contributed by atoms with Gasteiger partial charge in [0, 0.05) is 0 Å². The Morgan fingerprint density at radius 2 is 1.72 bits per heavy atom. The van der Waals surface area contributed by atoms with E-state index in [9.17, 15) is 9.59 Å². The van der Waals surface area contributed by atoms with Crippen molar-refractivity contribution in [2.75, 3.05) is 23.5 Å². The maximum atomic E-state index is 12.2. The summed E-state index contributed by atoms with van der Waals surface area (Å²) in [5.74, 6) is 0.329. The quantitative estimate of drug-likeness (QED) is 0.762. The molecular weight excluding hydrogens is 360 g/mol. The van der Waals surface area contributed by atoms with E-state index in [2.05, 4.69) is 10.6 Å². The lowest BCUT2D eigenvalue weighted by Crippen LogP contribution is -2.25. The summed E-state index contributed by atoms with van der Waals surface area (Å²) in [4.78, 5) is 24.3. The molecule has 0 fully saturated rings. The molecule has 0 spiro atoms. The van der Waals surface area contributed by atoms with Crippen LogP contribution in [-0.2, 0) is 9.59 Å². The van der Waals surface area contributed by atoms with E-state index >= 15 is 0 Å². The lowest BCUT2D eigenvalue weighted by Gasteiger charge is -2.13. The van der Waals surface area contributed by atoms with Gasteiger partial charge in [-0.3, -0.25) is 9.59 Å². The molecule has 0 aliphatic heterocycles. The molecule has 2 aromatic carbocycles. The number of para-hydroxylation sites is 3. The monoisotopic (exact) mass is 378 g/mol. The third-order valence-corrected chi connectivity index (χ3v) is 4.82. The van der Waals surface area contributed by atoms with Gasteiger partial charge in [-0.2, -0.15) is 0 Å². The lowest BCUT2D eigenvalue weighted by molar-refractivity contribution is -0.115. The summed E-state index contributed by atoms with van der Waals surface area (Å²) in [7, 11) is 1.54. The van der Waals surface area contributed by atoms with E-state index < -0.39 is 5.25 Å². The zero-order valence-corrected chi connectivity index (χ0v) is 15.5. The second-order valence-electron chi connectivity index (χ2n) is 5.17. The minimum absolute atomic E-state index is 0.148. The highest BCUT2D eigenvalue weighted by molar-refractivity contribution is 8.01. The number of hydrogen-bond acceptors (Lipinski definition) is 4. The predicted molar refractivity (Wildman–Crippen MR) is 104 cm³/mol. The van der Waals surface area contributed by atoms with Crippen LogP contribution in [0.15, 0.2) is 48.5 Å². The van der Waals surface area contributed by atoms with Gasteiger partial charge in [0.05, 0.1) is 34.5 Å². The number of hydrogen-bond donors (Lipinski definition) is 2. The van der Waals surface area contributed by atoms with Gasteiger partial charge in [-0.1, -0.05) is 35.9 Å². The van der Waals surface area contributed by atoms with Gasteiger partial charge in [-0.25, -0.2) is 0 Å². The summed E-state index contributed by atoms with van der Waals surface area (Å²) in [6.07, 6.45) is 0. The third kappa shape index (κ3) is 5.69. The molecule has 7 heteroatoms. The Balaban J connectivity index is 1.84. The highest BCUT2D eigenvalue weighted by Gasteiger charge is 2.17. The molecule has 5 nitrogen and oxygen atoms in total. The second-order valence-corrected chi connectivity index (χ2v) is 6.91. The summed E-state index contributed by atoms with van der Waals surface area (Å²) >= 11 is 7.26. The number of carbonyl (C=O) groups excluding carboxylic acids is 2. The van der Waals surface area contributed by atoms with E-state index in [1.54, 1.807) is 50.4 Å². The second kappa shape index (κ2) is 9.34. The first-order chi connectivity index (χ1) is 12.0. The van der Waals surface area contributed by atoms with Crippen molar-refractivity contribution in [1.29, 1.82) is 0 Å². The summed E-state index contributed by atoms with van der Waals surface area (Å²) in [5.41, 5.74) is 1.16. The van der Waals surface area contributed by atoms with Crippen molar-refractivity contribution < 1.29 is 14.3 Å². The van der Waals surface area contributed by atoms with Gasteiger partial charge in [-0.15, -0.1) is 11.8 Å². The summed E-state index contributed by atoms with van der Waals surface area (Å²) in [6.45, 7) is 1.74. The number of carbonyl (C=O) groups is 2. The Morgan fingerprint density at radius 3 is 2.40 bits per heavy atom. The van der Waals surface area contributed by atoms with Crippen molar-refractivity contribution in [2.45, 2.75) is 12.2 Å². The molecule has 1 atom stereocenters. The molecule has 2 N–H and O–H groups in total. The number of rotatable bonds is 7. The van der Waals surface area contributed by atoms with Gasteiger partial charge >= 0.3 is 0 Å². The van der Waals surface area contributed by atoms with Crippen LogP contribution in [0.4, 0.5) is 11.4 Å². The van der Waals surface area contributed by atoms with Crippen LogP contribution in [0, 0.1) is 0 Å². The molecule has 0 saturated carbocycles. The van der Waals surface area contributed by atoms with Crippen molar-refractivity contribution >= 4 is 46.6 Å². The summed E-state index contributed by atoms with van der Waals surface area (Å²) in [5, 5.41) is 5.61. The highest BCUT2D eigenvalue weighted by Crippen LogP contribution is 2.24. The molecule has 0 radical (unpaired) electrons. The number of benzene rings is 2. The Bertz CT molecular complexity index is 755. The number of methoxy groups -OCH3 is 1. The van der Waals surface area contributed by atoms with Crippen LogP contribution in [-0.4, -0.2) is 29.9 Å². The standard InChI is InChI=1S/C18H19ClN2O3S/c1-12(18(23)21-14-8-4-3-7-13(14)19)25-11-17(22)20-15-9-5-6-10-16(15)24-2/h3-10,12H,11H2,1-2H3,(H,20,22)(H,21,23)/t12-/m0/s1. The van der Waals surface area contributed by atoms with Gasteiger partial charge in [0.1, 0.15) is 5.75 Å². The largest absolute Gasteiger partial charge is 0.495 e. The molecule has 2 rings (SSSR count). The molecule has 0 saturated heterocycles. The van der Waals surface area contributed by atoms with Gasteiger partial charge in [0.15, 0.2) is 0 Å². The third-order valence-electron chi connectivity index (χ3n) is 3.35. The summed E-state index contributed by atoms with van der Waals surface area (Å²) in [6, 6.07) is 14.2. The first-order valence-electron chi connectivity index (χ1n) is 7.61. The van der Waals surface area contributed by atoms with Crippen molar-refractivity contribution in [3.63, 3.8) is 0 Å². The van der Waals surface area contributed by atoms with Crippen molar-refractivity contribution in [1.82, 2.24) is 0 Å². The molecule has 0 heterocycles. The SMILES string of the molecule is COc1ccccc1NC(=O)CS[C@@H](C)C(=O)Nc1ccccc1Cl. The van der Waals surface area contributed by atoms with E-state index in [1.807, 2.05) is 12.1 Å². The van der Waals surface area contributed by atoms with Crippen molar-refractivity contribution in [2.24, 2.45) is 0 Å². The molecule has 0 aliphatic carbocycles. The number of halogens is 1. The molecule has 0 aromatic heterocycles. The van der Waals surface area contributed by atoms with Crippen LogP contribution < -0.4 is 15.4 Å². The maximum Gasteiger partial charge on any atom is 0.237 e. The van der Waals surface area contributed by atoms with Crippen LogP contribution in [0.25, 0.3) is 0 Å². The Labute approximate surface area is 156 Å². The smallest absolute Gasteiger partial charge is 0.237 e. The van der Waals surface area contributed by atoms with Crippen LogP contribution in [0.3, 0.4) is 0 Å². The molecule has 132 valence electrons. The molecule has 2 aromatic rings. The average Bonchev–Trinajstić information content (AvgIpc) is 2.62. The maximum absolute atomic E-state index is 12.2. The van der Waals surface area contributed by atoms with Gasteiger partial charge in [0.2, 0.25) is 11.8 Å². The Kier molecular flexibility index (Phi) is 7.16. The van der Waals surface area contributed by atoms with Crippen LogP contribution in [0.2, 0.25) is 5.02 Å². The zero-order chi connectivity index (χ0) is 18.2. The van der Waals surface area contributed by atoms with Gasteiger partial charge in [-0.05, 0) is 31.2 Å². The van der Waals surface area contributed by atoms with Crippen LogP contribution in [0.5, 0.6) is 5.75 Å². The van der Waals surface area contributed by atoms with Crippen molar-refractivity contribution in [3.8, 4) is 5.75 Å². The normalized spacial score (nSPS) is 11.5. The molecular formula is C18H19ClN2O3S. The Morgan fingerprint density at radius 1 is 1.08 bits per heavy atom. The molecule has 0 unspecified atom stereocenters. The fourth-order valence-electron chi connectivity index (χ4n) is 2.01. The van der Waals surface area contributed by atoms with E-state index in [-0.39, 0.29) is 17.6 Å². The van der Waals surface area contributed by atoms with E-state index in [1.165, 1.54) is 11.8 Å². The Hall–Kier alpha value is -2.18. The van der Waals surface area contributed by atoms with E-state index in [4.69, 9.17) is 16.3 Å². The molecule has 0 bridgehead atoms. The first kappa shape index (κ1) is 19.1. The number of amides is 2. The highest BCUT2D eigenvalue weighted by atomic mass is 35.5. The van der Waals surface area contributed by atoms with Crippen LogP contribution in [0.1, 0.15) is 6.92 Å². The fourth-order valence-corrected chi connectivity index (χ4v) is 2.87. The number of thioether (sulfide) groups is 1. The topological polar surface area (TPSA) is 67.4 Å². The van der Waals surface area contributed by atoms with E-state index in [0.717, 1.165) is 0 Å². The number of nitrogens with one attached hydrogen (secondary N) is 2. The van der Waals surface area contributed by atoms with Gasteiger partial charge in [0.25, 0.3) is 0 Å². The van der Waals surface area contributed by atoms with Gasteiger partial charge < -0.3 is 15.4 Å². The van der Waals surface area contributed by atoms with Crippen LogP contribution >= 0.6 is 23.4 Å². The fraction of sp³-hybridized carbons (Fsp3) is 0.222. The van der Waals surface area contributed by atoms with Crippen molar-refractivity contribution in [3.05, 3.63) is 53.6 Å². The number of ether oxygens (including phenoxy) is 1. The molecule has 2 amide bonds.